The normalized spacial score (nSPS) is 10.9. The Balaban J connectivity index is 3.17. The molecule has 0 bridgehead atoms. The largest absolute Gasteiger partial charge is 0.417 e. The number of alkyl halides is 3. The van der Waals surface area contributed by atoms with Crippen LogP contribution in [0.4, 0.5) is 18.9 Å². The van der Waals surface area contributed by atoms with Crippen molar-refractivity contribution in [3.05, 3.63) is 29.3 Å². The minimum absolute atomic E-state index is 0.193. The van der Waals surface area contributed by atoms with Gasteiger partial charge in [-0.3, -0.25) is 4.79 Å². The fourth-order valence-electron chi connectivity index (χ4n) is 1.74. The van der Waals surface area contributed by atoms with E-state index < -0.39 is 11.7 Å². The first-order chi connectivity index (χ1) is 8.93. The Labute approximate surface area is 109 Å². The lowest BCUT2D eigenvalue weighted by Gasteiger charge is -2.23. The van der Waals surface area contributed by atoms with Gasteiger partial charge < -0.3 is 4.90 Å². The number of carbonyl (C=O) groups excluding carboxylic acids is 1. The lowest BCUT2D eigenvalue weighted by atomic mass is 10.1. The van der Waals surface area contributed by atoms with E-state index in [1.54, 1.807) is 11.8 Å². The molecule has 0 aromatic heterocycles. The van der Waals surface area contributed by atoms with E-state index in [1.807, 2.05) is 6.07 Å². The Kier molecular flexibility index (Phi) is 4.93. The highest BCUT2D eigenvalue weighted by Crippen LogP contribution is 2.34. The molecule has 0 spiro atoms. The van der Waals surface area contributed by atoms with Crippen LogP contribution in [0.25, 0.3) is 0 Å². The number of anilines is 1. The molecular formula is C13H13F3N2O. The highest BCUT2D eigenvalue weighted by atomic mass is 19.4. The molecule has 19 heavy (non-hydrogen) atoms. The van der Waals surface area contributed by atoms with E-state index in [2.05, 4.69) is 0 Å². The second-order valence-corrected chi connectivity index (χ2v) is 3.87. The fourth-order valence-corrected chi connectivity index (χ4v) is 1.74. The summed E-state index contributed by atoms with van der Waals surface area (Å²) in [5.74, 6) is 0. The van der Waals surface area contributed by atoms with Crippen molar-refractivity contribution in [2.24, 2.45) is 0 Å². The van der Waals surface area contributed by atoms with Gasteiger partial charge in [-0.1, -0.05) is 0 Å². The molecule has 1 aromatic carbocycles. The van der Waals surface area contributed by atoms with Crippen molar-refractivity contribution in [3.63, 3.8) is 0 Å². The van der Waals surface area contributed by atoms with Crippen LogP contribution in [0.1, 0.15) is 29.3 Å². The number of nitrogens with zero attached hydrogens (tertiary/aromatic N) is 2. The monoisotopic (exact) mass is 270 g/mol. The van der Waals surface area contributed by atoms with Crippen molar-refractivity contribution < 1.29 is 18.0 Å². The fraction of sp³-hybridized carbons (Fsp3) is 0.385. The molecular weight excluding hydrogens is 257 g/mol. The van der Waals surface area contributed by atoms with Gasteiger partial charge in [0.2, 0.25) is 0 Å². The van der Waals surface area contributed by atoms with E-state index in [0.717, 1.165) is 12.1 Å². The molecule has 1 aromatic rings. The summed E-state index contributed by atoms with van der Waals surface area (Å²) < 4.78 is 38.4. The second-order valence-electron chi connectivity index (χ2n) is 3.87. The Morgan fingerprint density at radius 3 is 2.58 bits per heavy atom. The standard InChI is InChI=1S/C13H13F3N2O/c1-2-18(7-3-6-17)11-5-4-10(9-19)12(8-11)13(14,15)16/h4-5,8-9H,2-3,7H2,1H3. The van der Waals surface area contributed by atoms with Crippen LogP contribution in [-0.2, 0) is 6.18 Å². The molecule has 0 aliphatic rings. The third-order valence-corrected chi connectivity index (χ3v) is 2.71. The molecule has 1 rings (SSSR count). The van der Waals surface area contributed by atoms with Crippen molar-refractivity contribution in [3.8, 4) is 6.07 Å². The average molecular weight is 270 g/mol. The minimum Gasteiger partial charge on any atom is -0.371 e. The number of benzene rings is 1. The van der Waals surface area contributed by atoms with Crippen LogP contribution in [0.3, 0.4) is 0 Å². The van der Waals surface area contributed by atoms with E-state index in [0.29, 0.717) is 18.8 Å². The summed E-state index contributed by atoms with van der Waals surface area (Å²) in [6.07, 6.45) is -4.15. The number of carbonyl (C=O) groups is 1. The molecule has 0 aliphatic carbocycles. The smallest absolute Gasteiger partial charge is 0.371 e. The molecule has 0 unspecified atom stereocenters. The molecule has 0 amide bonds. The van der Waals surface area contributed by atoms with Crippen LogP contribution in [0.5, 0.6) is 0 Å². The van der Waals surface area contributed by atoms with Crippen LogP contribution in [0, 0.1) is 11.3 Å². The third kappa shape index (κ3) is 3.71. The predicted octanol–water partition coefficient (Wildman–Crippen LogP) is 3.26. The average Bonchev–Trinajstić information content (AvgIpc) is 2.38. The van der Waals surface area contributed by atoms with Crippen LogP contribution in [-0.4, -0.2) is 19.4 Å². The van der Waals surface area contributed by atoms with Gasteiger partial charge in [-0.15, -0.1) is 0 Å². The maximum Gasteiger partial charge on any atom is 0.417 e. The first-order valence-electron chi connectivity index (χ1n) is 5.72. The van der Waals surface area contributed by atoms with Gasteiger partial charge >= 0.3 is 6.18 Å². The maximum atomic E-state index is 12.8. The zero-order valence-electron chi connectivity index (χ0n) is 10.4. The summed E-state index contributed by atoms with van der Waals surface area (Å²) >= 11 is 0. The molecule has 0 saturated carbocycles. The Morgan fingerprint density at radius 1 is 1.42 bits per heavy atom. The van der Waals surface area contributed by atoms with Gasteiger partial charge in [0.25, 0.3) is 0 Å². The number of aldehydes is 1. The third-order valence-electron chi connectivity index (χ3n) is 2.71. The summed E-state index contributed by atoms with van der Waals surface area (Å²) in [4.78, 5) is 12.3. The highest BCUT2D eigenvalue weighted by Gasteiger charge is 2.33. The highest BCUT2D eigenvalue weighted by molar-refractivity contribution is 5.79. The van der Waals surface area contributed by atoms with Crippen LogP contribution in [0.2, 0.25) is 0 Å². The molecule has 0 N–H and O–H groups in total. The Morgan fingerprint density at radius 2 is 2.11 bits per heavy atom. The van der Waals surface area contributed by atoms with Crippen LogP contribution >= 0.6 is 0 Å². The Hall–Kier alpha value is -2.03. The number of hydrogen-bond donors (Lipinski definition) is 0. The van der Waals surface area contributed by atoms with E-state index in [4.69, 9.17) is 5.26 Å². The van der Waals surface area contributed by atoms with E-state index in [-0.39, 0.29) is 18.3 Å². The minimum atomic E-state index is -4.57. The van der Waals surface area contributed by atoms with Gasteiger partial charge in [-0.25, -0.2) is 0 Å². The summed E-state index contributed by atoms with van der Waals surface area (Å²) in [6.45, 7) is 2.63. The zero-order valence-corrected chi connectivity index (χ0v) is 10.4. The molecule has 0 saturated heterocycles. The molecule has 0 fully saturated rings. The van der Waals surface area contributed by atoms with Gasteiger partial charge in [-0.2, -0.15) is 18.4 Å². The number of rotatable bonds is 5. The SMILES string of the molecule is CCN(CCC#N)c1ccc(C=O)c(C(F)(F)F)c1. The first-order valence-corrected chi connectivity index (χ1v) is 5.72. The van der Waals surface area contributed by atoms with Gasteiger partial charge in [0, 0.05) is 24.3 Å². The number of nitriles is 1. The number of halogens is 3. The van der Waals surface area contributed by atoms with Crippen LogP contribution in [0.15, 0.2) is 18.2 Å². The Bertz CT molecular complexity index is 492. The van der Waals surface area contributed by atoms with E-state index in [1.165, 1.54) is 6.07 Å². The van der Waals surface area contributed by atoms with Crippen molar-refractivity contribution in [1.29, 1.82) is 5.26 Å². The van der Waals surface area contributed by atoms with Gasteiger partial charge in [-0.05, 0) is 25.1 Å². The van der Waals surface area contributed by atoms with Crippen LogP contribution < -0.4 is 4.90 Å². The summed E-state index contributed by atoms with van der Waals surface area (Å²) in [7, 11) is 0. The molecule has 3 nitrogen and oxygen atoms in total. The molecule has 0 radical (unpaired) electrons. The predicted molar refractivity (Wildman–Crippen MR) is 64.9 cm³/mol. The molecule has 6 heteroatoms. The first kappa shape index (κ1) is 15.0. The molecule has 0 atom stereocenters. The second kappa shape index (κ2) is 6.23. The van der Waals surface area contributed by atoms with E-state index >= 15 is 0 Å². The van der Waals surface area contributed by atoms with Crippen molar-refractivity contribution in [1.82, 2.24) is 0 Å². The lowest BCUT2D eigenvalue weighted by molar-refractivity contribution is -0.137. The summed E-state index contributed by atoms with van der Waals surface area (Å²) in [6, 6.07) is 5.51. The van der Waals surface area contributed by atoms with Crippen molar-refractivity contribution in [2.75, 3.05) is 18.0 Å². The number of hydrogen-bond acceptors (Lipinski definition) is 3. The van der Waals surface area contributed by atoms with Gasteiger partial charge in [0.1, 0.15) is 0 Å². The topological polar surface area (TPSA) is 44.1 Å². The zero-order chi connectivity index (χ0) is 14.5. The lowest BCUT2D eigenvalue weighted by Crippen LogP contribution is -2.24. The maximum absolute atomic E-state index is 12.8. The van der Waals surface area contributed by atoms with Crippen molar-refractivity contribution >= 4 is 12.0 Å². The quantitative estimate of drug-likeness (QED) is 0.771. The molecule has 0 heterocycles. The van der Waals surface area contributed by atoms with Gasteiger partial charge in [0.15, 0.2) is 6.29 Å². The van der Waals surface area contributed by atoms with E-state index in [9.17, 15) is 18.0 Å². The summed E-state index contributed by atoms with van der Waals surface area (Å²) in [5, 5.41) is 8.52. The van der Waals surface area contributed by atoms with Gasteiger partial charge in [0.05, 0.1) is 18.1 Å². The molecule has 0 aliphatic heterocycles. The molecule has 102 valence electrons. The van der Waals surface area contributed by atoms with Crippen molar-refractivity contribution in [2.45, 2.75) is 19.5 Å². The summed E-state index contributed by atoms with van der Waals surface area (Å²) in [5.41, 5.74) is -0.973.